The molecule has 2 aromatic rings. The first kappa shape index (κ1) is 14.1. The van der Waals surface area contributed by atoms with Crippen molar-refractivity contribution in [2.75, 3.05) is 6.54 Å². The Bertz CT molecular complexity index is 542. The molecule has 0 aliphatic heterocycles. The molecular formula is C16H18ClNO. The first-order valence-electron chi connectivity index (χ1n) is 6.32. The lowest BCUT2D eigenvalue weighted by atomic mass is 9.87. The highest BCUT2D eigenvalue weighted by Crippen LogP contribution is 2.32. The molecule has 0 spiro atoms. The molecule has 2 nitrogen and oxygen atoms in total. The van der Waals surface area contributed by atoms with Gasteiger partial charge in [-0.25, -0.2) is 0 Å². The van der Waals surface area contributed by atoms with Gasteiger partial charge in [0.1, 0.15) is 0 Å². The molecule has 0 aliphatic carbocycles. The number of aliphatic hydroxyl groups excluding tert-OH is 1. The molecule has 2 unspecified atom stereocenters. The van der Waals surface area contributed by atoms with Crippen LogP contribution < -0.4 is 5.73 Å². The third kappa shape index (κ3) is 3.16. The van der Waals surface area contributed by atoms with Crippen LogP contribution in [0.1, 0.15) is 28.7 Å². The molecular weight excluding hydrogens is 258 g/mol. The Kier molecular flexibility index (Phi) is 4.59. The van der Waals surface area contributed by atoms with E-state index in [-0.39, 0.29) is 5.92 Å². The van der Waals surface area contributed by atoms with Crippen molar-refractivity contribution < 1.29 is 5.11 Å². The van der Waals surface area contributed by atoms with Gasteiger partial charge in [0.15, 0.2) is 0 Å². The van der Waals surface area contributed by atoms with Crippen LogP contribution in [0.3, 0.4) is 0 Å². The fraction of sp³-hybridized carbons (Fsp3) is 0.250. The lowest BCUT2D eigenvalue weighted by molar-refractivity contribution is 0.147. The van der Waals surface area contributed by atoms with Crippen LogP contribution in [-0.4, -0.2) is 11.7 Å². The fourth-order valence-corrected chi connectivity index (χ4v) is 2.56. The second-order valence-corrected chi connectivity index (χ2v) is 5.14. The van der Waals surface area contributed by atoms with Crippen molar-refractivity contribution in [3.05, 3.63) is 70.2 Å². The Morgan fingerprint density at radius 3 is 2.42 bits per heavy atom. The molecule has 0 fully saturated rings. The quantitative estimate of drug-likeness (QED) is 0.898. The molecule has 0 saturated carbocycles. The summed E-state index contributed by atoms with van der Waals surface area (Å²) < 4.78 is 0. The Morgan fingerprint density at radius 1 is 1.16 bits per heavy atom. The third-order valence-corrected chi connectivity index (χ3v) is 3.65. The van der Waals surface area contributed by atoms with Crippen LogP contribution in [0, 0.1) is 6.92 Å². The number of aliphatic hydroxyl groups is 1. The van der Waals surface area contributed by atoms with Crippen molar-refractivity contribution >= 4 is 11.6 Å². The van der Waals surface area contributed by atoms with Gasteiger partial charge in [0.05, 0.1) is 6.10 Å². The van der Waals surface area contributed by atoms with Crippen molar-refractivity contribution in [3.8, 4) is 0 Å². The van der Waals surface area contributed by atoms with Gasteiger partial charge in [-0.1, -0.05) is 48.0 Å². The molecule has 0 aliphatic rings. The maximum absolute atomic E-state index is 10.6. The van der Waals surface area contributed by atoms with Gasteiger partial charge in [0, 0.05) is 17.5 Å². The van der Waals surface area contributed by atoms with E-state index in [1.165, 1.54) is 0 Å². The predicted molar refractivity (Wildman–Crippen MR) is 79.4 cm³/mol. The first-order valence-corrected chi connectivity index (χ1v) is 6.70. The molecule has 0 aromatic heterocycles. The van der Waals surface area contributed by atoms with Gasteiger partial charge < -0.3 is 10.8 Å². The molecule has 3 heteroatoms. The molecule has 2 aromatic carbocycles. The number of rotatable bonds is 4. The monoisotopic (exact) mass is 275 g/mol. The van der Waals surface area contributed by atoms with E-state index in [0.717, 1.165) is 16.7 Å². The normalized spacial score (nSPS) is 14.1. The Labute approximate surface area is 118 Å². The van der Waals surface area contributed by atoms with Crippen LogP contribution in [0.15, 0.2) is 48.5 Å². The van der Waals surface area contributed by atoms with Gasteiger partial charge >= 0.3 is 0 Å². The van der Waals surface area contributed by atoms with Gasteiger partial charge in [-0.15, -0.1) is 0 Å². The van der Waals surface area contributed by atoms with Gasteiger partial charge in [0.25, 0.3) is 0 Å². The highest BCUT2D eigenvalue weighted by molar-refractivity contribution is 6.30. The van der Waals surface area contributed by atoms with Crippen molar-refractivity contribution in [2.24, 2.45) is 5.73 Å². The van der Waals surface area contributed by atoms with Gasteiger partial charge in [0.2, 0.25) is 0 Å². The van der Waals surface area contributed by atoms with E-state index >= 15 is 0 Å². The molecule has 0 bridgehead atoms. The summed E-state index contributed by atoms with van der Waals surface area (Å²) in [5, 5.41) is 11.3. The lowest BCUT2D eigenvalue weighted by Gasteiger charge is -2.23. The molecule has 19 heavy (non-hydrogen) atoms. The van der Waals surface area contributed by atoms with E-state index in [9.17, 15) is 5.11 Å². The largest absolute Gasteiger partial charge is 0.388 e. The fourth-order valence-electron chi connectivity index (χ4n) is 2.34. The Hall–Kier alpha value is -1.35. The van der Waals surface area contributed by atoms with Crippen molar-refractivity contribution in [2.45, 2.75) is 18.9 Å². The zero-order valence-corrected chi connectivity index (χ0v) is 11.6. The van der Waals surface area contributed by atoms with Gasteiger partial charge in [-0.2, -0.15) is 0 Å². The summed E-state index contributed by atoms with van der Waals surface area (Å²) in [5.74, 6) is -0.110. The smallest absolute Gasteiger partial charge is 0.0873 e. The van der Waals surface area contributed by atoms with E-state index in [2.05, 4.69) is 0 Å². The Morgan fingerprint density at radius 2 is 1.84 bits per heavy atom. The Balaban J connectivity index is 2.33. The van der Waals surface area contributed by atoms with Gasteiger partial charge in [-0.05, 0) is 35.7 Å². The molecule has 2 atom stereocenters. The van der Waals surface area contributed by atoms with E-state index in [1.54, 1.807) is 6.07 Å². The minimum absolute atomic E-state index is 0.110. The van der Waals surface area contributed by atoms with Crippen LogP contribution >= 0.6 is 11.6 Å². The van der Waals surface area contributed by atoms with Crippen LogP contribution in [0.25, 0.3) is 0 Å². The first-order chi connectivity index (χ1) is 9.13. The standard InChI is InChI=1S/C16H18ClNO/c1-11-9-13(17)7-8-14(11)16(19)15(10-18)12-5-3-2-4-6-12/h2-9,15-16,19H,10,18H2,1H3. The second kappa shape index (κ2) is 6.20. The highest BCUT2D eigenvalue weighted by atomic mass is 35.5. The highest BCUT2D eigenvalue weighted by Gasteiger charge is 2.22. The summed E-state index contributed by atoms with van der Waals surface area (Å²) in [5.41, 5.74) is 8.74. The minimum atomic E-state index is -0.621. The number of hydrogen-bond acceptors (Lipinski definition) is 2. The molecule has 0 amide bonds. The van der Waals surface area contributed by atoms with Crippen molar-refractivity contribution in [3.63, 3.8) is 0 Å². The zero-order valence-electron chi connectivity index (χ0n) is 10.9. The van der Waals surface area contributed by atoms with Crippen LogP contribution in [-0.2, 0) is 0 Å². The zero-order chi connectivity index (χ0) is 13.8. The summed E-state index contributed by atoms with van der Waals surface area (Å²) in [4.78, 5) is 0. The maximum Gasteiger partial charge on any atom is 0.0873 e. The van der Waals surface area contributed by atoms with Crippen molar-refractivity contribution in [1.82, 2.24) is 0 Å². The molecule has 0 radical (unpaired) electrons. The topological polar surface area (TPSA) is 46.2 Å². The number of aryl methyl sites for hydroxylation is 1. The average Bonchev–Trinajstić information content (AvgIpc) is 2.40. The lowest BCUT2D eigenvalue weighted by Crippen LogP contribution is -2.20. The summed E-state index contributed by atoms with van der Waals surface area (Å²) >= 11 is 5.95. The molecule has 100 valence electrons. The molecule has 3 N–H and O–H groups in total. The van der Waals surface area contributed by atoms with Gasteiger partial charge in [-0.3, -0.25) is 0 Å². The van der Waals surface area contributed by atoms with Crippen molar-refractivity contribution in [1.29, 1.82) is 0 Å². The number of benzene rings is 2. The second-order valence-electron chi connectivity index (χ2n) is 4.70. The average molecular weight is 276 g/mol. The maximum atomic E-state index is 10.6. The summed E-state index contributed by atoms with van der Waals surface area (Å²) in [7, 11) is 0. The van der Waals surface area contributed by atoms with E-state index < -0.39 is 6.10 Å². The molecule has 2 rings (SSSR count). The summed E-state index contributed by atoms with van der Waals surface area (Å²) in [6.07, 6.45) is -0.621. The van der Waals surface area contributed by atoms with Crippen LogP contribution in [0.5, 0.6) is 0 Å². The summed E-state index contributed by atoms with van der Waals surface area (Å²) in [6.45, 7) is 2.34. The molecule has 0 saturated heterocycles. The number of hydrogen-bond donors (Lipinski definition) is 2. The van der Waals surface area contributed by atoms with E-state index in [1.807, 2.05) is 49.4 Å². The van der Waals surface area contributed by atoms with Crippen LogP contribution in [0.2, 0.25) is 5.02 Å². The number of nitrogens with two attached hydrogens (primary N) is 1. The van der Waals surface area contributed by atoms with E-state index in [4.69, 9.17) is 17.3 Å². The SMILES string of the molecule is Cc1cc(Cl)ccc1C(O)C(CN)c1ccccc1. The minimum Gasteiger partial charge on any atom is -0.388 e. The number of halogens is 1. The summed E-state index contributed by atoms with van der Waals surface area (Å²) in [6, 6.07) is 15.4. The van der Waals surface area contributed by atoms with E-state index in [0.29, 0.717) is 11.6 Å². The van der Waals surface area contributed by atoms with Crippen LogP contribution in [0.4, 0.5) is 0 Å². The predicted octanol–water partition coefficient (Wildman–Crippen LogP) is 3.42. The molecule has 0 heterocycles. The third-order valence-electron chi connectivity index (χ3n) is 3.41.